The molecule has 0 radical (unpaired) electrons. The first-order valence-electron chi connectivity index (χ1n) is 9.21. The molecule has 1 aliphatic carbocycles. The Bertz CT molecular complexity index is 802. The van der Waals surface area contributed by atoms with E-state index in [2.05, 4.69) is 36.2 Å². The number of fused-ring (bicyclic) bond motifs is 1. The molecule has 1 saturated heterocycles. The Kier molecular flexibility index (Phi) is 5.26. The van der Waals surface area contributed by atoms with Crippen molar-refractivity contribution in [1.82, 2.24) is 20.4 Å². The first-order valence-corrected chi connectivity index (χ1v) is 9.21. The third-order valence-electron chi connectivity index (χ3n) is 4.86. The first kappa shape index (κ1) is 19.1. The third-order valence-corrected chi connectivity index (χ3v) is 4.86. The Balaban J connectivity index is 0.00000196. The molecule has 1 saturated carbocycles. The highest BCUT2D eigenvalue weighted by atomic mass is 35.5. The molecule has 26 heavy (non-hydrogen) atoms. The zero-order valence-corrected chi connectivity index (χ0v) is 16.5. The van der Waals surface area contributed by atoms with Crippen molar-refractivity contribution in [2.24, 2.45) is 5.41 Å². The Morgan fingerprint density at radius 2 is 2.00 bits per heavy atom. The maximum atomic E-state index is 13.2. The number of pyridine rings is 1. The fourth-order valence-electron chi connectivity index (χ4n) is 3.45. The standard InChI is InChI=1S/C19H26N4O2.ClH/c1-19(2,3)11-15-16-13(18(24)23-8-6-20-7-9-23)10-14(12-4-5-12)21-17(16)25-22-15;/h10,12,20H,4-9,11H2,1-3H3;1H. The largest absolute Gasteiger partial charge is 0.336 e. The Morgan fingerprint density at radius 1 is 1.31 bits per heavy atom. The van der Waals surface area contributed by atoms with Crippen molar-refractivity contribution in [3.05, 3.63) is 23.0 Å². The van der Waals surface area contributed by atoms with Gasteiger partial charge in [-0.2, -0.15) is 0 Å². The molecule has 0 spiro atoms. The maximum Gasteiger partial charge on any atom is 0.259 e. The second-order valence-electron chi connectivity index (χ2n) is 8.46. The molecule has 1 aliphatic heterocycles. The van der Waals surface area contributed by atoms with E-state index in [1.807, 2.05) is 11.0 Å². The molecule has 2 aliphatic rings. The highest BCUT2D eigenvalue weighted by Gasteiger charge is 2.31. The molecule has 0 unspecified atom stereocenters. The van der Waals surface area contributed by atoms with Gasteiger partial charge in [-0.15, -0.1) is 12.4 Å². The molecular formula is C19H27ClN4O2. The van der Waals surface area contributed by atoms with Crippen molar-refractivity contribution in [1.29, 1.82) is 0 Å². The zero-order valence-electron chi connectivity index (χ0n) is 15.7. The van der Waals surface area contributed by atoms with E-state index in [4.69, 9.17) is 4.52 Å². The summed E-state index contributed by atoms with van der Waals surface area (Å²) in [6.45, 7) is 9.65. The van der Waals surface area contributed by atoms with E-state index >= 15 is 0 Å². The van der Waals surface area contributed by atoms with Crippen LogP contribution in [-0.2, 0) is 6.42 Å². The second kappa shape index (κ2) is 7.16. The molecule has 0 bridgehead atoms. The lowest BCUT2D eigenvalue weighted by molar-refractivity contribution is 0.0737. The van der Waals surface area contributed by atoms with Crippen LogP contribution in [0.4, 0.5) is 0 Å². The number of hydrogen-bond donors (Lipinski definition) is 1. The summed E-state index contributed by atoms with van der Waals surface area (Å²) in [5.41, 5.74) is 3.12. The number of hydrogen-bond acceptors (Lipinski definition) is 5. The fourth-order valence-corrected chi connectivity index (χ4v) is 3.45. The average Bonchev–Trinajstić information content (AvgIpc) is 3.36. The van der Waals surface area contributed by atoms with Gasteiger partial charge in [0.05, 0.1) is 16.6 Å². The number of halogens is 1. The quantitative estimate of drug-likeness (QED) is 0.888. The lowest BCUT2D eigenvalue weighted by Crippen LogP contribution is -2.46. The van der Waals surface area contributed by atoms with Crippen LogP contribution in [0.15, 0.2) is 10.6 Å². The van der Waals surface area contributed by atoms with Crippen LogP contribution in [0.25, 0.3) is 11.1 Å². The normalized spacial score (nSPS) is 18.0. The summed E-state index contributed by atoms with van der Waals surface area (Å²) >= 11 is 0. The summed E-state index contributed by atoms with van der Waals surface area (Å²) in [4.78, 5) is 19.8. The van der Waals surface area contributed by atoms with Crippen LogP contribution in [0.2, 0.25) is 0 Å². The molecule has 3 heterocycles. The molecule has 1 N–H and O–H groups in total. The van der Waals surface area contributed by atoms with Crippen molar-refractivity contribution in [3.63, 3.8) is 0 Å². The molecule has 2 aromatic heterocycles. The summed E-state index contributed by atoms with van der Waals surface area (Å²) in [6.07, 6.45) is 3.04. The van der Waals surface area contributed by atoms with Gasteiger partial charge in [-0.05, 0) is 30.7 Å². The molecule has 0 atom stereocenters. The van der Waals surface area contributed by atoms with Gasteiger partial charge in [0.2, 0.25) is 0 Å². The van der Waals surface area contributed by atoms with Gasteiger partial charge >= 0.3 is 0 Å². The molecule has 142 valence electrons. The molecule has 1 amide bonds. The third kappa shape index (κ3) is 3.86. The Hall–Kier alpha value is -1.66. The van der Waals surface area contributed by atoms with E-state index in [1.165, 1.54) is 0 Å². The lowest BCUT2D eigenvalue weighted by Gasteiger charge is -2.28. The van der Waals surface area contributed by atoms with Crippen molar-refractivity contribution in [2.75, 3.05) is 26.2 Å². The predicted molar refractivity (Wildman–Crippen MR) is 103 cm³/mol. The van der Waals surface area contributed by atoms with Crippen LogP contribution in [0.5, 0.6) is 0 Å². The molecule has 0 aromatic carbocycles. The van der Waals surface area contributed by atoms with Crippen LogP contribution in [0.1, 0.15) is 61.3 Å². The minimum Gasteiger partial charge on any atom is -0.336 e. The van der Waals surface area contributed by atoms with Gasteiger partial charge in [0.15, 0.2) is 0 Å². The van der Waals surface area contributed by atoms with E-state index in [-0.39, 0.29) is 23.7 Å². The van der Waals surface area contributed by atoms with E-state index in [9.17, 15) is 4.79 Å². The maximum absolute atomic E-state index is 13.2. The van der Waals surface area contributed by atoms with Crippen LogP contribution < -0.4 is 5.32 Å². The molecule has 2 fully saturated rings. The monoisotopic (exact) mass is 378 g/mol. The van der Waals surface area contributed by atoms with Crippen molar-refractivity contribution in [2.45, 2.75) is 46.0 Å². The van der Waals surface area contributed by atoms with Gasteiger partial charge in [0, 0.05) is 37.8 Å². The molecule has 6 nitrogen and oxygen atoms in total. The van der Waals surface area contributed by atoms with E-state index in [0.29, 0.717) is 17.2 Å². The number of nitrogens with zero attached hydrogens (tertiary/aromatic N) is 3. The fraction of sp³-hybridized carbons (Fsp3) is 0.632. The highest BCUT2D eigenvalue weighted by Crippen LogP contribution is 2.41. The number of carbonyl (C=O) groups is 1. The number of aromatic nitrogens is 2. The smallest absolute Gasteiger partial charge is 0.259 e. The number of carbonyl (C=O) groups excluding carboxylic acids is 1. The Labute approximate surface area is 160 Å². The van der Waals surface area contributed by atoms with E-state index < -0.39 is 0 Å². The van der Waals surface area contributed by atoms with Gasteiger partial charge in [-0.3, -0.25) is 4.79 Å². The predicted octanol–water partition coefficient (Wildman–Crippen LogP) is 3.16. The summed E-state index contributed by atoms with van der Waals surface area (Å²) in [5, 5.41) is 8.38. The number of amides is 1. The molecule has 7 heteroatoms. The highest BCUT2D eigenvalue weighted by molar-refractivity contribution is 6.06. The van der Waals surface area contributed by atoms with Crippen LogP contribution >= 0.6 is 12.4 Å². The number of piperazine rings is 1. The van der Waals surface area contributed by atoms with Gasteiger partial charge in [-0.25, -0.2) is 4.98 Å². The number of rotatable bonds is 3. The lowest BCUT2D eigenvalue weighted by atomic mass is 9.89. The Morgan fingerprint density at radius 3 is 2.62 bits per heavy atom. The van der Waals surface area contributed by atoms with Crippen LogP contribution in [0, 0.1) is 5.41 Å². The number of nitrogens with one attached hydrogen (secondary N) is 1. The van der Waals surface area contributed by atoms with Gasteiger partial charge in [-0.1, -0.05) is 25.9 Å². The summed E-state index contributed by atoms with van der Waals surface area (Å²) in [5.74, 6) is 0.546. The first-order chi connectivity index (χ1) is 11.9. The summed E-state index contributed by atoms with van der Waals surface area (Å²) < 4.78 is 5.55. The van der Waals surface area contributed by atoms with Crippen molar-refractivity contribution < 1.29 is 9.32 Å². The van der Waals surface area contributed by atoms with Crippen molar-refractivity contribution >= 4 is 29.4 Å². The van der Waals surface area contributed by atoms with E-state index in [1.54, 1.807) is 0 Å². The van der Waals surface area contributed by atoms with Gasteiger partial charge < -0.3 is 14.7 Å². The van der Waals surface area contributed by atoms with Crippen LogP contribution in [-0.4, -0.2) is 47.1 Å². The molecular weight excluding hydrogens is 352 g/mol. The molecule has 4 rings (SSSR count). The van der Waals surface area contributed by atoms with Gasteiger partial charge in [0.1, 0.15) is 0 Å². The van der Waals surface area contributed by atoms with Crippen molar-refractivity contribution in [3.8, 4) is 0 Å². The minimum atomic E-state index is 0. The SMILES string of the molecule is CC(C)(C)Cc1noc2nc(C3CC3)cc(C(=O)N3CCNCC3)c12.Cl. The van der Waals surface area contributed by atoms with Gasteiger partial charge in [0.25, 0.3) is 11.6 Å². The molecule has 2 aromatic rings. The summed E-state index contributed by atoms with van der Waals surface area (Å²) in [7, 11) is 0. The van der Waals surface area contributed by atoms with E-state index in [0.717, 1.165) is 62.2 Å². The van der Waals surface area contributed by atoms with Crippen LogP contribution in [0.3, 0.4) is 0 Å². The summed E-state index contributed by atoms with van der Waals surface area (Å²) in [6, 6.07) is 1.99. The minimum absolute atomic E-state index is 0. The topological polar surface area (TPSA) is 71.3 Å². The second-order valence-corrected chi connectivity index (χ2v) is 8.46. The zero-order chi connectivity index (χ0) is 17.6. The average molecular weight is 379 g/mol.